The van der Waals surface area contributed by atoms with Crippen LogP contribution < -0.4 is 4.74 Å². The minimum absolute atomic E-state index is 0.0765. The van der Waals surface area contributed by atoms with Crippen molar-refractivity contribution >= 4 is 17.5 Å². The minimum Gasteiger partial charge on any atom is -0.496 e. The Morgan fingerprint density at radius 3 is 2.42 bits per heavy atom. The fourth-order valence-corrected chi connectivity index (χ4v) is 4.36. The molecule has 0 bridgehead atoms. The monoisotopic (exact) mass is 432 g/mol. The average molecular weight is 433 g/mol. The van der Waals surface area contributed by atoms with E-state index >= 15 is 0 Å². The molecule has 0 aliphatic carbocycles. The van der Waals surface area contributed by atoms with Crippen molar-refractivity contribution in [2.45, 2.75) is 19.0 Å². The van der Waals surface area contributed by atoms with Crippen molar-refractivity contribution in [2.24, 2.45) is 7.05 Å². The molecule has 0 fully saturated rings. The summed E-state index contributed by atoms with van der Waals surface area (Å²) in [5.74, 6) is 1.74. The van der Waals surface area contributed by atoms with Crippen molar-refractivity contribution in [3.63, 3.8) is 0 Å². The van der Waals surface area contributed by atoms with Crippen LogP contribution in [0.1, 0.15) is 21.7 Å². The van der Waals surface area contributed by atoms with Crippen LogP contribution in [-0.2, 0) is 7.05 Å². The number of Topliss-reactive ketones (excluding diaryl/α,β-unsaturated/α-hetero) is 1. The number of thioether (sulfide) groups is 1. The largest absolute Gasteiger partial charge is 0.496 e. The Morgan fingerprint density at radius 1 is 1.03 bits per heavy atom. The molecule has 0 aliphatic rings. The lowest BCUT2D eigenvalue weighted by Crippen LogP contribution is -2.06. The molecule has 2 heterocycles. The van der Waals surface area contributed by atoms with Crippen molar-refractivity contribution in [2.75, 3.05) is 12.9 Å². The van der Waals surface area contributed by atoms with E-state index in [4.69, 9.17) is 4.74 Å². The summed E-state index contributed by atoms with van der Waals surface area (Å²) in [5.41, 5.74) is 4.56. The molecule has 6 nitrogen and oxygen atoms in total. The Hall–Kier alpha value is -3.32. The Balaban J connectivity index is 1.71. The quantitative estimate of drug-likeness (QED) is 0.308. The molecule has 0 aliphatic heterocycles. The second-order valence-electron chi connectivity index (χ2n) is 7.23. The van der Waals surface area contributed by atoms with Gasteiger partial charge < -0.3 is 9.30 Å². The highest BCUT2D eigenvalue weighted by Crippen LogP contribution is 2.33. The first-order chi connectivity index (χ1) is 15.0. The number of ether oxygens (including phenoxy) is 1. The van der Waals surface area contributed by atoms with Crippen LogP contribution in [0, 0.1) is 13.8 Å². The minimum atomic E-state index is 0.0765. The van der Waals surface area contributed by atoms with E-state index in [-0.39, 0.29) is 11.5 Å². The molecular formula is C24H24N4O2S. The topological polar surface area (TPSA) is 61.9 Å². The van der Waals surface area contributed by atoms with Gasteiger partial charge in [-0.1, -0.05) is 42.1 Å². The van der Waals surface area contributed by atoms with Gasteiger partial charge in [0.05, 0.1) is 18.4 Å². The number of carbonyl (C=O) groups is 1. The highest BCUT2D eigenvalue weighted by Gasteiger charge is 2.21. The summed E-state index contributed by atoms with van der Waals surface area (Å²) in [6.45, 7) is 3.97. The van der Waals surface area contributed by atoms with E-state index in [1.54, 1.807) is 7.11 Å². The molecular weight excluding hydrogens is 408 g/mol. The lowest BCUT2D eigenvalue weighted by atomic mass is 10.2. The second-order valence-corrected chi connectivity index (χ2v) is 8.18. The summed E-state index contributed by atoms with van der Waals surface area (Å²) in [7, 11) is 3.61. The van der Waals surface area contributed by atoms with Crippen LogP contribution in [0.5, 0.6) is 5.75 Å². The molecule has 0 N–H and O–H groups in total. The van der Waals surface area contributed by atoms with Gasteiger partial charge in [0.15, 0.2) is 16.8 Å². The van der Waals surface area contributed by atoms with Crippen molar-refractivity contribution in [1.29, 1.82) is 0 Å². The number of rotatable bonds is 7. The van der Waals surface area contributed by atoms with Gasteiger partial charge in [0, 0.05) is 29.7 Å². The van der Waals surface area contributed by atoms with E-state index in [2.05, 4.69) is 10.2 Å². The molecule has 2 aromatic heterocycles. The fraction of sp³-hybridized carbons (Fsp3) is 0.208. The zero-order valence-corrected chi connectivity index (χ0v) is 18.8. The first-order valence-corrected chi connectivity index (χ1v) is 10.9. The molecule has 31 heavy (non-hydrogen) atoms. The van der Waals surface area contributed by atoms with E-state index in [1.165, 1.54) is 11.8 Å². The van der Waals surface area contributed by atoms with Crippen molar-refractivity contribution in [3.05, 3.63) is 77.6 Å². The number of carbonyl (C=O) groups excluding carboxylic acids is 1. The Morgan fingerprint density at radius 2 is 1.74 bits per heavy atom. The van der Waals surface area contributed by atoms with Crippen LogP contribution in [0.4, 0.5) is 0 Å². The molecule has 0 saturated carbocycles. The molecule has 0 unspecified atom stereocenters. The summed E-state index contributed by atoms with van der Waals surface area (Å²) in [6.07, 6.45) is 0. The third kappa shape index (κ3) is 4.01. The summed E-state index contributed by atoms with van der Waals surface area (Å²) < 4.78 is 9.54. The van der Waals surface area contributed by atoms with E-state index in [1.807, 2.05) is 90.7 Å². The Bertz CT molecular complexity index is 1230. The maximum Gasteiger partial charge on any atom is 0.196 e. The summed E-state index contributed by atoms with van der Waals surface area (Å²) >= 11 is 1.39. The number of hydrogen-bond acceptors (Lipinski definition) is 5. The van der Waals surface area contributed by atoms with E-state index in [9.17, 15) is 4.79 Å². The van der Waals surface area contributed by atoms with Crippen LogP contribution in [0.2, 0.25) is 0 Å². The van der Waals surface area contributed by atoms with Gasteiger partial charge in [-0.05, 0) is 44.2 Å². The first kappa shape index (κ1) is 20.9. The van der Waals surface area contributed by atoms with E-state index in [0.717, 1.165) is 34.0 Å². The number of aryl methyl sites for hydroxylation is 1. The van der Waals surface area contributed by atoms with Crippen molar-refractivity contribution in [1.82, 2.24) is 19.3 Å². The summed E-state index contributed by atoms with van der Waals surface area (Å²) in [5, 5.41) is 9.53. The molecule has 158 valence electrons. The number of aromatic nitrogens is 4. The predicted molar refractivity (Wildman–Crippen MR) is 123 cm³/mol. The van der Waals surface area contributed by atoms with Crippen LogP contribution >= 0.6 is 11.8 Å². The van der Waals surface area contributed by atoms with Crippen LogP contribution in [0.3, 0.4) is 0 Å². The lowest BCUT2D eigenvalue weighted by Gasteiger charge is -2.12. The van der Waals surface area contributed by atoms with Gasteiger partial charge in [-0.15, -0.1) is 10.2 Å². The van der Waals surface area contributed by atoms with Crippen LogP contribution in [0.15, 0.2) is 65.8 Å². The van der Waals surface area contributed by atoms with Crippen molar-refractivity contribution in [3.8, 4) is 22.8 Å². The average Bonchev–Trinajstić information content (AvgIpc) is 3.34. The Kier molecular flexibility index (Phi) is 5.95. The lowest BCUT2D eigenvalue weighted by molar-refractivity contribution is 0.102. The number of nitrogens with zero attached hydrogens (tertiary/aromatic N) is 4. The molecule has 4 aromatic rings. The number of para-hydroxylation sites is 2. The molecule has 0 radical (unpaired) electrons. The third-order valence-corrected chi connectivity index (χ3v) is 6.33. The molecule has 0 spiro atoms. The normalized spacial score (nSPS) is 11.0. The molecule has 2 aromatic carbocycles. The molecule has 7 heteroatoms. The van der Waals surface area contributed by atoms with Crippen LogP contribution in [0.25, 0.3) is 17.1 Å². The first-order valence-electron chi connectivity index (χ1n) is 9.94. The molecule has 4 rings (SSSR count). The van der Waals surface area contributed by atoms with Gasteiger partial charge in [-0.2, -0.15) is 0 Å². The third-order valence-electron chi connectivity index (χ3n) is 5.40. The predicted octanol–water partition coefficient (Wildman–Crippen LogP) is 4.87. The van der Waals surface area contributed by atoms with Gasteiger partial charge in [0.1, 0.15) is 5.75 Å². The number of ketones is 1. The van der Waals surface area contributed by atoms with Crippen molar-refractivity contribution < 1.29 is 9.53 Å². The standard InChI is InChI=1S/C24H24N4O2S/c1-16-14-20(17(2)27(16)3)21(29)15-31-24-26-25-23(19-12-8-9-13-22(19)30-4)28(24)18-10-6-5-7-11-18/h5-14H,15H2,1-4H3. The van der Waals surface area contributed by atoms with Gasteiger partial charge in [-0.25, -0.2) is 0 Å². The SMILES string of the molecule is COc1ccccc1-c1nnc(SCC(=O)c2cc(C)n(C)c2C)n1-c1ccccc1. The van der Waals surface area contributed by atoms with E-state index < -0.39 is 0 Å². The highest BCUT2D eigenvalue weighted by molar-refractivity contribution is 7.99. The van der Waals surface area contributed by atoms with Gasteiger partial charge in [-0.3, -0.25) is 9.36 Å². The zero-order chi connectivity index (χ0) is 22.0. The fourth-order valence-electron chi connectivity index (χ4n) is 3.52. The smallest absolute Gasteiger partial charge is 0.196 e. The van der Waals surface area contributed by atoms with Gasteiger partial charge in [0.2, 0.25) is 0 Å². The van der Waals surface area contributed by atoms with Gasteiger partial charge in [0.25, 0.3) is 0 Å². The van der Waals surface area contributed by atoms with Gasteiger partial charge >= 0.3 is 0 Å². The molecule has 0 saturated heterocycles. The van der Waals surface area contributed by atoms with Crippen LogP contribution in [-0.4, -0.2) is 38.0 Å². The number of hydrogen-bond donors (Lipinski definition) is 0. The maximum absolute atomic E-state index is 12.9. The molecule has 0 amide bonds. The Labute approximate surface area is 185 Å². The maximum atomic E-state index is 12.9. The number of methoxy groups -OCH3 is 1. The van der Waals surface area contributed by atoms with E-state index in [0.29, 0.717) is 11.0 Å². The summed E-state index contributed by atoms with van der Waals surface area (Å²) in [6, 6.07) is 19.6. The highest BCUT2D eigenvalue weighted by atomic mass is 32.2. The second kappa shape index (κ2) is 8.81. The zero-order valence-electron chi connectivity index (χ0n) is 18.0. The molecule has 0 atom stereocenters. The number of benzene rings is 2. The summed E-state index contributed by atoms with van der Waals surface area (Å²) in [4.78, 5) is 12.9.